The summed E-state index contributed by atoms with van der Waals surface area (Å²) < 4.78 is 2.03. The van der Waals surface area contributed by atoms with E-state index in [1.54, 1.807) is 0 Å². The Morgan fingerprint density at radius 3 is 2.83 bits per heavy atom. The number of aryl methyl sites for hydroxylation is 1. The average molecular weight is 245 g/mol. The summed E-state index contributed by atoms with van der Waals surface area (Å²) in [5.41, 5.74) is 1.13. The molecule has 0 aliphatic rings. The van der Waals surface area contributed by atoms with Gasteiger partial charge >= 0.3 is 0 Å². The van der Waals surface area contributed by atoms with Crippen molar-refractivity contribution < 1.29 is 0 Å². The average Bonchev–Trinajstić information content (AvgIpc) is 2.76. The van der Waals surface area contributed by atoms with E-state index >= 15 is 0 Å². The number of pyridine rings is 1. The molecule has 0 spiro atoms. The van der Waals surface area contributed by atoms with Gasteiger partial charge in [0.1, 0.15) is 11.6 Å². The van der Waals surface area contributed by atoms with Crippen molar-refractivity contribution in [1.82, 2.24) is 14.5 Å². The first-order valence-corrected chi connectivity index (χ1v) is 6.08. The molecular weight excluding hydrogens is 226 g/mol. The Morgan fingerprint density at radius 1 is 1.33 bits per heavy atom. The standard InChI is InChI=1S/C13H19N5/c1-4-14-12-9-11(5-6-15-12)18(3)10-13-16-7-8-17(13)2/h5-9H,4,10H2,1-3H3,(H,14,15). The zero-order valence-electron chi connectivity index (χ0n) is 11.1. The van der Waals surface area contributed by atoms with E-state index in [0.29, 0.717) is 0 Å². The summed E-state index contributed by atoms with van der Waals surface area (Å²) in [5, 5.41) is 3.21. The molecule has 5 nitrogen and oxygen atoms in total. The first-order chi connectivity index (χ1) is 8.70. The van der Waals surface area contributed by atoms with E-state index in [4.69, 9.17) is 0 Å². The molecule has 0 aromatic carbocycles. The Balaban J connectivity index is 2.11. The van der Waals surface area contributed by atoms with E-state index in [9.17, 15) is 0 Å². The van der Waals surface area contributed by atoms with Crippen LogP contribution in [0, 0.1) is 0 Å². The lowest BCUT2D eigenvalue weighted by Gasteiger charge is -2.19. The number of hydrogen-bond donors (Lipinski definition) is 1. The summed E-state index contributed by atoms with van der Waals surface area (Å²) in [7, 11) is 4.06. The summed E-state index contributed by atoms with van der Waals surface area (Å²) in [5.74, 6) is 1.95. The van der Waals surface area contributed by atoms with Gasteiger partial charge in [0.2, 0.25) is 0 Å². The van der Waals surface area contributed by atoms with E-state index in [1.165, 1.54) is 0 Å². The van der Waals surface area contributed by atoms with Crippen LogP contribution in [0.2, 0.25) is 0 Å². The third-order valence-corrected chi connectivity index (χ3v) is 2.84. The molecule has 0 fully saturated rings. The van der Waals surface area contributed by atoms with E-state index < -0.39 is 0 Å². The predicted molar refractivity (Wildman–Crippen MR) is 73.7 cm³/mol. The Bertz CT molecular complexity index is 506. The molecule has 96 valence electrons. The van der Waals surface area contributed by atoms with Gasteiger partial charge in [-0.05, 0) is 13.0 Å². The second kappa shape index (κ2) is 5.53. The van der Waals surface area contributed by atoms with Crippen molar-refractivity contribution in [2.75, 3.05) is 23.8 Å². The lowest BCUT2D eigenvalue weighted by Crippen LogP contribution is -2.19. The monoisotopic (exact) mass is 245 g/mol. The number of anilines is 2. The molecule has 0 unspecified atom stereocenters. The van der Waals surface area contributed by atoms with Gasteiger partial charge in [-0.3, -0.25) is 0 Å². The van der Waals surface area contributed by atoms with Gasteiger partial charge in [0.15, 0.2) is 0 Å². The van der Waals surface area contributed by atoms with Crippen LogP contribution >= 0.6 is 0 Å². The summed E-state index contributed by atoms with van der Waals surface area (Å²) in [4.78, 5) is 10.8. The number of rotatable bonds is 5. The molecule has 0 bridgehead atoms. The zero-order valence-corrected chi connectivity index (χ0v) is 11.1. The van der Waals surface area contributed by atoms with Gasteiger partial charge in [-0.25, -0.2) is 9.97 Å². The summed E-state index contributed by atoms with van der Waals surface area (Å²) in [6, 6.07) is 4.05. The number of hydrogen-bond acceptors (Lipinski definition) is 4. The molecule has 1 N–H and O–H groups in total. The maximum atomic E-state index is 4.33. The van der Waals surface area contributed by atoms with Crippen LogP contribution in [-0.4, -0.2) is 28.1 Å². The normalized spacial score (nSPS) is 10.4. The van der Waals surface area contributed by atoms with E-state index in [0.717, 1.165) is 30.4 Å². The fraction of sp³-hybridized carbons (Fsp3) is 0.385. The first kappa shape index (κ1) is 12.4. The lowest BCUT2D eigenvalue weighted by atomic mass is 10.3. The Labute approximate surface area is 107 Å². The highest BCUT2D eigenvalue weighted by Gasteiger charge is 2.06. The van der Waals surface area contributed by atoms with Crippen molar-refractivity contribution in [3.8, 4) is 0 Å². The van der Waals surface area contributed by atoms with Gasteiger partial charge in [0, 0.05) is 51.0 Å². The fourth-order valence-corrected chi connectivity index (χ4v) is 1.79. The minimum atomic E-state index is 0.777. The molecular formula is C13H19N5. The Hall–Kier alpha value is -2.04. The van der Waals surface area contributed by atoms with E-state index in [-0.39, 0.29) is 0 Å². The molecule has 0 amide bonds. The smallest absolute Gasteiger partial charge is 0.127 e. The van der Waals surface area contributed by atoms with Crippen molar-refractivity contribution >= 4 is 11.5 Å². The Morgan fingerprint density at radius 2 is 2.17 bits per heavy atom. The molecule has 0 radical (unpaired) electrons. The number of imidazole rings is 1. The van der Waals surface area contributed by atoms with Crippen LogP contribution in [0.25, 0.3) is 0 Å². The molecule has 0 saturated heterocycles. The summed E-state index contributed by atoms with van der Waals surface area (Å²) in [6.07, 6.45) is 5.60. The topological polar surface area (TPSA) is 46.0 Å². The first-order valence-electron chi connectivity index (χ1n) is 6.08. The van der Waals surface area contributed by atoms with Gasteiger partial charge in [-0.1, -0.05) is 0 Å². The minimum absolute atomic E-state index is 0.777. The van der Waals surface area contributed by atoms with E-state index in [2.05, 4.69) is 34.2 Å². The molecule has 18 heavy (non-hydrogen) atoms. The van der Waals surface area contributed by atoms with Crippen molar-refractivity contribution in [1.29, 1.82) is 0 Å². The summed E-state index contributed by atoms with van der Waals surface area (Å²) in [6.45, 7) is 3.71. The molecule has 0 aliphatic carbocycles. The zero-order chi connectivity index (χ0) is 13.0. The predicted octanol–water partition coefficient (Wildman–Crippen LogP) is 1.88. The molecule has 5 heteroatoms. The molecule has 2 aromatic heterocycles. The quantitative estimate of drug-likeness (QED) is 0.873. The minimum Gasteiger partial charge on any atom is -0.370 e. The second-order valence-corrected chi connectivity index (χ2v) is 4.24. The highest BCUT2D eigenvalue weighted by molar-refractivity contribution is 5.53. The van der Waals surface area contributed by atoms with Crippen molar-refractivity contribution in [3.05, 3.63) is 36.5 Å². The number of nitrogens with zero attached hydrogens (tertiary/aromatic N) is 4. The molecule has 2 rings (SSSR count). The molecule has 2 heterocycles. The number of aromatic nitrogens is 3. The molecule has 0 saturated carbocycles. The molecule has 0 aliphatic heterocycles. The van der Waals surface area contributed by atoms with Crippen LogP contribution in [0.4, 0.5) is 11.5 Å². The third-order valence-electron chi connectivity index (χ3n) is 2.84. The highest BCUT2D eigenvalue weighted by Crippen LogP contribution is 2.17. The van der Waals surface area contributed by atoms with Crippen LogP contribution in [-0.2, 0) is 13.6 Å². The maximum absolute atomic E-state index is 4.33. The van der Waals surface area contributed by atoms with Crippen LogP contribution in [0.5, 0.6) is 0 Å². The van der Waals surface area contributed by atoms with Crippen molar-refractivity contribution in [3.63, 3.8) is 0 Å². The molecule has 2 aromatic rings. The SMILES string of the molecule is CCNc1cc(N(C)Cc2nccn2C)ccn1. The van der Waals surface area contributed by atoms with E-state index in [1.807, 2.05) is 42.3 Å². The van der Waals surface area contributed by atoms with Crippen molar-refractivity contribution in [2.24, 2.45) is 7.05 Å². The van der Waals surface area contributed by atoms with Gasteiger partial charge < -0.3 is 14.8 Å². The fourth-order valence-electron chi connectivity index (χ4n) is 1.79. The van der Waals surface area contributed by atoms with Crippen molar-refractivity contribution in [2.45, 2.75) is 13.5 Å². The lowest BCUT2D eigenvalue weighted by molar-refractivity contribution is 0.761. The van der Waals surface area contributed by atoms with Crippen LogP contribution in [0.1, 0.15) is 12.7 Å². The van der Waals surface area contributed by atoms with Gasteiger partial charge in [-0.15, -0.1) is 0 Å². The highest BCUT2D eigenvalue weighted by atomic mass is 15.2. The number of nitrogens with one attached hydrogen (secondary N) is 1. The Kier molecular flexibility index (Phi) is 3.82. The van der Waals surface area contributed by atoms with Crippen LogP contribution in [0.15, 0.2) is 30.7 Å². The summed E-state index contributed by atoms with van der Waals surface area (Å²) >= 11 is 0. The van der Waals surface area contributed by atoms with Gasteiger partial charge in [0.05, 0.1) is 6.54 Å². The van der Waals surface area contributed by atoms with Crippen LogP contribution < -0.4 is 10.2 Å². The largest absolute Gasteiger partial charge is 0.370 e. The van der Waals surface area contributed by atoms with Gasteiger partial charge in [-0.2, -0.15) is 0 Å². The molecule has 0 atom stereocenters. The van der Waals surface area contributed by atoms with Gasteiger partial charge in [0.25, 0.3) is 0 Å². The third kappa shape index (κ3) is 2.80. The maximum Gasteiger partial charge on any atom is 0.127 e. The second-order valence-electron chi connectivity index (χ2n) is 4.24. The van der Waals surface area contributed by atoms with Crippen LogP contribution in [0.3, 0.4) is 0 Å².